The summed E-state index contributed by atoms with van der Waals surface area (Å²) in [7, 11) is 0. The Hall–Kier alpha value is -0.710. The van der Waals surface area contributed by atoms with Gasteiger partial charge in [-0.2, -0.15) is 0 Å². The zero-order valence-corrected chi connectivity index (χ0v) is 11.9. The molecule has 0 spiro atoms. The topological polar surface area (TPSA) is 54.9 Å². The zero-order valence-electron chi connectivity index (χ0n) is 9.43. The maximum absolute atomic E-state index is 11.3. The molecule has 0 radical (unpaired) electrons. The smallest absolute Gasteiger partial charge is 0.231 e. The maximum atomic E-state index is 11.3. The van der Waals surface area contributed by atoms with Gasteiger partial charge in [0, 0.05) is 5.75 Å². The molecule has 0 atom stereocenters. The van der Waals surface area contributed by atoms with Gasteiger partial charge >= 0.3 is 0 Å². The van der Waals surface area contributed by atoms with E-state index < -0.39 is 0 Å². The lowest BCUT2D eigenvalue weighted by atomic mass is 10.6. The lowest BCUT2D eigenvalue weighted by molar-refractivity contribution is -0.118. The van der Waals surface area contributed by atoms with Gasteiger partial charge in [-0.25, -0.2) is 0 Å². The molecule has 1 aromatic heterocycles. The number of aromatic nitrogens is 2. The van der Waals surface area contributed by atoms with Crippen LogP contribution >= 0.6 is 34.9 Å². The Bertz CT molecular complexity index is 400. The molecule has 0 aliphatic carbocycles. The van der Waals surface area contributed by atoms with Crippen molar-refractivity contribution < 1.29 is 4.79 Å². The van der Waals surface area contributed by atoms with Crippen molar-refractivity contribution in [1.29, 1.82) is 0 Å². The van der Waals surface area contributed by atoms with Gasteiger partial charge in [-0.05, 0) is 6.42 Å². The van der Waals surface area contributed by atoms with E-state index in [-0.39, 0.29) is 12.5 Å². The van der Waals surface area contributed by atoms with E-state index in [0.717, 1.165) is 20.9 Å². The summed E-state index contributed by atoms with van der Waals surface area (Å²) < 4.78 is 1.78. The molecule has 1 heterocycles. The van der Waals surface area contributed by atoms with Crippen LogP contribution in [0.2, 0.25) is 0 Å². The van der Waals surface area contributed by atoms with Crippen molar-refractivity contribution in [2.24, 2.45) is 0 Å². The van der Waals surface area contributed by atoms with Gasteiger partial charge in [0.05, 0.1) is 12.3 Å². The Morgan fingerprint density at radius 1 is 1.47 bits per heavy atom. The largest absolute Gasteiger partial charge is 0.344 e. The van der Waals surface area contributed by atoms with Crippen molar-refractivity contribution in [3.63, 3.8) is 0 Å². The molecule has 1 N–H and O–H groups in total. The van der Waals surface area contributed by atoms with E-state index >= 15 is 0 Å². The summed E-state index contributed by atoms with van der Waals surface area (Å²) in [6, 6.07) is 0. The van der Waals surface area contributed by atoms with Gasteiger partial charge < -0.3 is 5.32 Å². The van der Waals surface area contributed by atoms with Crippen LogP contribution < -0.4 is 5.32 Å². The molecule has 1 aromatic rings. The van der Waals surface area contributed by atoms with Crippen LogP contribution in [0, 0.1) is 12.3 Å². The molecular weight excluding hydrogens is 274 g/mol. The Morgan fingerprint density at radius 3 is 2.82 bits per heavy atom. The Balaban J connectivity index is 2.29. The van der Waals surface area contributed by atoms with Crippen LogP contribution in [-0.4, -0.2) is 34.2 Å². The third-order valence-electron chi connectivity index (χ3n) is 1.53. The fraction of sp³-hybridized carbons (Fsp3) is 0.500. The van der Waals surface area contributed by atoms with Gasteiger partial charge in [-0.3, -0.25) is 4.79 Å². The molecule has 0 bridgehead atoms. The molecule has 0 unspecified atom stereocenters. The van der Waals surface area contributed by atoms with Crippen molar-refractivity contribution in [2.45, 2.75) is 22.0 Å². The molecule has 0 saturated heterocycles. The normalized spacial score (nSPS) is 9.88. The number of rotatable bonds is 7. The monoisotopic (exact) mass is 287 g/mol. The molecular formula is C10H13N3OS3. The summed E-state index contributed by atoms with van der Waals surface area (Å²) in [4.78, 5) is 11.3. The first kappa shape index (κ1) is 14.4. The molecule has 92 valence electrons. The minimum absolute atomic E-state index is 0.0779. The number of thioether (sulfide) groups is 2. The summed E-state index contributed by atoms with van der Waals surface area (Å²) in [5.74, 6) is 3.65. The molecule has 0 fully saturated rings. The highest BCUT2D eigenvalue weighted by atomic mass is 32.2. The van der Waals surface area contributed by atoms with Crippen LogP contribution in [-0.2, 0) is 4.79 Å². The Morgan fingerprint density at radius 2 is 2.18 bits per heavy atom. The van der Waals surface area contributed by atoms with E-state index in [4.69, 9.17) is 6.42 Å². The van der Waals surface area contributed by atoms with Gasteiger partial charge in [0.25, 0.3) is 0 Å². The SMILES string of the molecule is C#CCNC(=O)CSc1nnc(SCCC)s1. The molecule has 0 aliphatic rings. The van der Waals surface area contributed by atoms with Gasteiger partial charge in [-0.15, -0.1) is 16.6 Å². The lowest BCUT2D eigenvalue weighted by Crippen LogP contribution is -2.25. The second-order valence-electron chi connectivity index (χ2n) is 2.95. The molecule has 0 saturated carbocycles. The summed E-state index contributed by atoms with van der Waals surface area (Å²) in [6.45, 7) is 2.40. The summed E-state index contributed by atoms with van der Waals surface area (Å²) in [5.41, 5.74) is 0. The van der Waals surface area contributed by atoms with Crippen molar-refractivity contribution in [2.75, 3.05) is 18.1 Å². The molecule has 1 rings (SSSR count). The Labute approximate surface area is 113 Å². The van der Waals surface area contributed by atoms with Crippen molar-refractivity contribution in [3.05, 3.63) is 0 Å². The number of hydrogen-bond acceptors (Lipinski definition) is 6. The van der Waals surface area contributed by atoms with Crippen LogP contribution in [0.15, 0.2) is 8.68 Å². The van der Waals surface area contributed by atoms with E-state index in [2.05, 4.69) is 28.4 Å². The molecule has 4 nitrogen and oxygen atoms in total. The lowest BCUT2D eigenvalue weighted by Gasteiger charge is -1.97. The number of terminal acetylenes is 1. The number of nitrogens with one attached hydrogen (secondary N) is 1. The summed E-state index contributed by atoms with van der Waals surface area (Å²) in [6.07, 6.45) is 6.15. The highest BCUT2D eigenvalue weighted by molar-refractivity contribution is 8.03. The minimum atomic E-state index is -0.0779. The Kier molecular flexibility index (Phi) is 7.08. The first-order valence-electron chi connectivity index (χ1n) is 5.05. The quantitative estimate of drug-likeness (QED) is 0.613. The van der Waals surface area contributed by atoms with E-state index in [0.29, 0.717) is 5.75 Å². The zero-order chi connectivity index (χ0) is 12.5. The second kappa shape index (κ2) is 8.39. The van der Waals surface area contributed by atoms with Crippen LogP contribution in [0.3, 0.4) is 0 Å². The van der Waals surface area contributed by atoms with E-state index in [1.807, 2.05) is 0 Å². The van der Waals surface area contributed by atoms with Crippen LogP contribution in [0.1, 0.15) is 13.3 Å². The highest BCUT2D eigenvalue weighted by Crippen LogP contribution is 2.28. The molecule has 1 amide bonds. The van der Waals surface area contributed by atoms with Crippen molar-refractivity contribution >= 4 is 40.8 Å². The van der Waals surface area contributed by atoms with Gasteiger partial charge in [-0.1, -0.05) is 47.7 Å². The predicted molar refractivity (Wildman–Crippen MR) is 73.5 cm³/mol. The second-order valence-corrected chi connectivity index (χ2v) is 6.49. The standard InChI is InChI=1S/C10H13N3OS3/c1-3-5-11-8(14)7-16-10-13-12-9(17-10)15-6-4-2/h1H,4-7H2,2H3,(H,11,14). The fourth-order valence-electron chi connectivity index (χ4n) is 0.831. The number of hydrogen-bond donors (Lipinski definition) is 1. The van der Waals surface area contributed by atoms with Crippen LogP contribution in [0.25, 0.3) is 0 Å². The summed E-state index contributed by atoms with van der Waals surface area (Å²) in [5, 5.41) is 10.7. The first-order valence-corrected chi connectivity index (χ1v) is 7.84. The van der Waals surface area contributed by atoms with Gasteiger partial charge in [0.1, 0.15) is 0 Å². The van der Waals surface area contributed by atoms with Crippen molar-refractivity contribution in [3.8, 4) is 12.3 Å². The van der Waals surface area contributed by atoms with E-state index in [9.17, 15) is 4.79 Å². The van der Waals surface area contributed by atoms with Gasteiger partial charge in [0.15, 0.2) is 8.68 Å². The fourth-order valence-corrected chi connectivity index (χ4v) is 3.61. The molecule has 0 aliphatic heterocycles. The number of carbonyl (C=O) groups excluding carboxylic acids is 1. The molecule has 17 heavy (non-hydrogen) atoms. The third-order valence-corrected chi connectivity index (χ3v) is 4.93. The molecule has 0 aromatic carbocycles. The van der Waals surface area contributed by atoms with Gasteiger partial charge in [0.2, 0.25) is 5.91 Å². The maximum Gasteiger partial charge on any atom is 0.231 e. The minimum Gasteiger partial charge on any atom is -0.344 e. The highest BCUT2D eigenvalue weighted by Gasteiger charge is 2.07. The van der Waals surface area contributed by atoms with E-state index in [1.165, 1.54) is 23.1 Å². The average Bonchev–Trinajstić information content (AvgIpc) is 2.79. The molecule has 7 heteroatoms. The number of nitrogens with zero attached hydrogens (tertiary/aromatic N) is 2. The number of amides is 1. The van der Waals surface area contributed by atoms with Crippen molar-refractivity contribution in [1.82, 2.24) is 15.5 Å². The predicted octanol–water partition coefficient (Wildman–Crippen LogP) is 1.88. The van der Waals surface area contributed by atoms with Crippen LogP contribution in [0.4, 0.5) is 0 Å². The van der Waals surface area contributed by atoms with Crippen LogP contribution in [0.5, 0.6) is 0 Å². The average molecular weight is 287 g/mol. The summed E-state index contributed by atoms with van der Waals surface area (Å²) >= 11 is 4.60. The van der Waals surface area contributed by atoms with E-state index in [1.54, 1.807) is 11.8 Å². The third kappa shape index (κ3) is 5.96. The first-order chi connectivity index (χ1) is 8.26. The number of carbonyl (C=O) groups is 1.